The number of aliphatic hydroxyl groups is 4. The van der Waals surface area contributed by atoms with Crippen LogP contribution in [0.1, 0.15) is 100 Å². The Bertz CT molecular complexity index is 1640. The van der Waals surface area contributed by atoms with Gasteiger partial charge in [-0.1, -0.05) is 39.0 Å². The predicted molar refractivity (Wildman–Crippen MR) is 243 cm³/mol. The van der Waals surface area contributed by atoms with Crippen LogP contribution in [0, 0.1) is 17.8 Å². The van der Waals surface area contributed by atoms with E-state index in [1.165, 1.54) is 0 Å². The molecule has 5 aliphatic heterocycles. The molecular formula is C48H84N4O12. The van der Waals surface area contributed by atoms with E-state index < -0.39 is 77.7 Å². The molecule has 368 valence electrons. The highest BCUT2D eigenvalue weighted by Crippen LogP contribution is 2.43. The molecule has 17 atom stereocenters. The van der Waals surface area contributed by atoms with Crippen molar-refractivity contribution in [2.45, 2.75) is 179 Å². The minimum atomic E-state index is -1.62. The highest BCUT2D eigenvalue weighted by molar-refractivity contribution is 5.73. The number of benzene rings is 1. The monoisotopic (exact) mass is 909 g/mol. The van der Waals surface area contributed by atoms with E-state index in [-0.39, 0.29) is 55.6 Å². The molecule has 5 saturated heterocycles. The van der Waals surface area contributed by atoms with Gasteiger partial charge in [-0.05, 0) is 93.9 Å². The Morgan fingerprint density at radius 1 is 0.969 bits per heavy atom. The highest BCUT2D eigenvalue weighted by atomic mass is 16.7. The van der Waals surface area contributed by atoms with E-state index in [1.54, 1.807) is 35.0 Å². The van der Waals surface area contributed by atoms with Crippen molar-refractivity contribution in [3.63, 3.8) is 0 Å². The van der Waals surface area contributed by atoms with E-state index in [0.29, 0.717) is 32.6 Å². The second-order valence-electron chi connectivity index (χ2n) is 20.2. The average Bonchev–Trinajstić information content (AvgIpc) is 3.23. The van der Waals surface area contributed by atoms with Crippen LogP contribution in [0.4, 0.5) is 0 Å². The number of para-hydroxylation sites is 1. The Labute approximate surface area is 383 Å². The van der Waals surface area contributed by atoms with Crippen molar-refractivity contribution in [3.8, 4) is 5.75 Å². The van der Waals surface area contributed by atoms with Gasteiger partial charge < -0.3 is 63.8 Å². The zero-order valence-electron chi connectivity index (χ0n) is 41.2. The topological polar surface area (TPSA) is 184 Å². The molecule has 0 aliphatic carbocycles. The molecule has 1 aromatic rings. The van der Waals surface area contributed by atoms with Crippen LogP contribution in [-0.4, -0.2) is 193 Å². The third-order valence-electron chi connectivity index (χ3n) is 15.4. The van der Waals surface area contributed by atoms with E-state index in [0.717, 1.165) is 17.9 Å². The number of methoxy groups -OCH3 is 2. The first-order valence-corrected chi connectivity index (χ1v) is 23.7. The molecular weight excluding hydrogens is 825 g/mol. The first-order valence-electron chi connectivity index (χ1n) is 23.7. The van der Waals surface area contributed by atoms with Crippen molar-refractivity contribution in [2.24, 2.45) is 17.8 Å². The van der Waals surface area contributed by atoms with E-state index >= 15 is 0 Å². The summed E-state index contributed by atoms with van der Waals surface area (Å²) in [5.41, 5.74) is -3.16. The lowest BCUT2D eigenvalue weighted by Crippen LogP contribution is -2.70. The minimum Gasteiger partial charge on any atom is -0.496 e. The predicted octanol–water partition coefficient (Wildman–Crippen LogP) is 3.18. The number of carbonyl (C=O) groups is 1. The number of nitrogens with one attached hydrogen (secondary N) is 1. The summed E-state index contributed by atoms with van der Waals surface area (Å²) in [6.45, 7) is 22.2. The van der Waals surface area contributed by atoms with Crippen LogP contribution in [0.5, 0.6) is 5.75 Å². The summed E-state index contributed by atoms with van der Waals surface area (Å²) >= 11 is 0. The maximum atomic E-state index is 14.1. The van der Waals surface area contributed by atoms with Gasteiger partial charge in [0.1, 0.15) is 29.2 Å². The normalized spacial score (nSPS) is 43.0. The Hall–Kier alpha value is -2.03. The largest absolute Gasteiger partial charge is 0.496 e. The van der Waals surface area contributed by atoms with E-state index in [9.17, 15) is 25.2 Å². The summed E-state index contributed by atoms with van der Waals surface area (Å²) in [7, 11) is 7.04. The molecule has 1 aromatic carbocycles. The summed E-state index contributed by atoms with van der Waals surface area (Å²) in [6, 6.07) is 7.62. The molecule has 5 heterocycles. The number of likely N-dealkylation sites (N-methyl/N-ethyl adjacent to an activating group) is 2. The SMILES string of the molecule is CCN(CCNC[C@@]1(O)[C@H](C)O[C@@H](O[C@H]2[C@H](C)[C@@H](O[C@H]3O[C@H](C)C[C@H](N(C)C)[C@H]3O)[C@@](C)(O)C[C@@H](C)[C@H](O)[C@H](C)N3CC(C3)OC(=O)[C@@H]2C)C[C@@]1(C)OC)[C@@H](C)c1ccccc1OC. The maximum Gasteiger partial charge on any atom is 0.311 e. The fourth-order valence-corrected chi connectivity index (χ4v) is 10.9. The van der Waals surface area contributed by atoms with Crippen LogP contribution in [-0.2, 0) is 33.2 Å². The third kappa shape index (κ3) is 11.4. The lowest BCUT2D eigenvalue weighted by atomic mass is 9.75. The number of nitrogens with zero attached hydrogens (tertiary/aromatic N) is 3. The fraction of sp³-hybridized carbons (Fsp3) is 0.854. The van der Waals surface area contributed by atoms with Crippen molar-refractivity contribution in [2.75, 3.05) is 67.6 Å². The Morgan fingerprint density at radius 2 is 1.64 bits per heavy atom. The minimum absolute atomic E-state index is 0.103. The van der Waals surface area contributed by atoms with Crippen LogP contribution in [0.2, 0.25) is 0 Å². The second kappa shape index (κ2) is 21.9. The number of hydrogen-bond acceptors (Lipinski definition) is 16. The number of esters is 1. The smallest absolute Gasteiger partial charge is 0.311 e. The molecule has 0 saturated carbocycles. The maximum absolute atomic E-state index is 14.1. The van der Waals surface area contributed by atoms with Gasteiger partial charge in [0.2, 0.25) is 0 Å². The fourth-order valence-electron chi connectivity index (χ4n) is 10.9. The summed E-state index contributed by atoms with van der Waals surface area (Å²) in [4.78, 5) is 20.5. The molecule has 16 heteroatoms. The molecule has 5 N–H and O–H groups in total. The summed E-state index contributed by atoms with van der Waals surface area (Å²) in [5.74, 6) is -1.60. The molecule has 0 spiro atoms. The van der Waals surface area contributed by atoms with Crippen LogP contribution in [0.15, 0.2) is 24.3 Å². The van der Waals surface area contributed by atoms with Gasteiger partial charge in [0.15, 0.2) is 12.6 Å². The van der Waals surface area contributed by atoms with Crippen molar-refractivity contribution < 1.29 is 58.4 Å². The number of ether oxygens (including phenoxy) is 7. The first kappa shape index (κ1) is 52.9. The molecule has 16 nitrogen and oxygen atoms in total. The summed E-state index contributed by atoms with van der Waals surface area (Å²) in [5, 5.41) is 51.8. The Balaban J connectivity index is 1.39. The van der Waals surface area contributed by atoms with E-state index in [2.05, 4.69) is 35.0 Å². The van der Waals surface area contributed by atoms with Gasteiger partial charge in [0, 0.05) is 75.9 Å². The van der Waals surface area contributed by atoms with Crippen LogP contribution in [0.25, 0.3) is 0 Å². The molecule has 64 heavy (non-hydrogen) atoms. The quantitative estimate of drug-likeness (QED) is 0.128. The van der Waals surface area contributed by atoms with Crippen molar-refractivity contribution in [1.29, 1.82) is 0 Å². The van der Waals surface area contributed by atoms with Crippen molar-refractivity contribution >= 4 is 5.97 Å². The second-order valence-corrected chi connectivity index (χ2v) is 20.2. The Kier molecular flexibility index (Phi) is 18.1. The number of aliphatic hydroxyl groups excluding tert-OH is 2. The van der Waals surface area contributed by atoms with Gasteiger partial charge >= 0.3 is 5.97 Å². The van der Waals surface area contributed by atoms with E-state index in [4.69, 9.17) is 33.2 Å². The summed E-state index contributed by atoms with van der Waals surface area (Å²) < 4.78 is 44.4. The van der Waals surface area contributed by atoms with Gasteiger partial charge in [-0.25, -0.2) is 0 Å². The van der Waals surface area contributed by atoms with Crippen LogP contribution < -0.4 is 10.1 Å². The first-order chi connectivity index (χ1) is 30.0. The summed E-state index contributed by atoms with van der Waals surface area (Å²) in [6.07, 6.45) is -6.54. The highest BCUT2D eigenvalue weighted by Gasteiger charge is 2.58. The van der Waals surface area contributed by atoms with Gasteiger partial charge in [-0.15, -0.1) is 0 Å². The van der Waals surface area contributed by atoms with Gasteiger partial charge in [0.25, 0.3) is 0 Å². The zero-order chi connectivity index (χ0) is 47.5. The molecule has 0 aromatic heterocycles. The van der Waals surface area contributed by atoms with Crippen molar-refractivity contribution in [3.05, 3.63) is 29.8 Å². The van der Waals surface area contributed by atoms with E-state index in [1.807, 2.05) is 71.8 Å². The van der Waals surface area contributed by atoms with Crippen LogP contribution >= 0.6 is 0 Å². The Morgan fingerprint density at radius 3 is 2.27 bits per heavy atom. The molecule has 5 aliphatic rings. The molecule has 0 radical (unpaired) electrons. The number of carbonyl (C=O) groups excluding carboxylic acids is 1. The third-order valence-corrected chi connectivity index (χ3v) is 15.4. The lowest BCUT2D eigenvalue weighted by molar-refractivity contribution is -0.336. The van der Waals surface area contributed by atoms with Gasteiger partial charge in [-0.2, -0.15) is 0 Å². The van der Waals surface area contributed by atoms with Gasteiger partial charge in [0.05, 0.1) is 49.1 Å². The molecule has 0 amide bonds. The van der Waals surface area contributed by atoms with Gasteiger partial charge in [-0.3, -0.25) is 14.6 Å². The standard InChI is InChI=1S/C48H84N4O12/c1-15-51(32(6)36-18-16-17-19-38(36)58-13)21-20-49-27-48(57)34(8)61-39(24-47(48,10)59-14)63-42-30(4)43(64-45-41(54)37(50(11)12)22-29(3)60-45)46(9,56)23-28(2)40(53)33(7)52-25-35(26-52)62-44(55)31(42)5/h16-19,28-35,37,39-43,45,49,53-54,56-57H,15,20-27H2,1-14H3/t28-,29-,30+,31-,32+,33+,34+,37+,39+,40+,41-,42+,43-,45-,46+,47-,48-/m1/s1. The molecule has 6 rings (SSSR count). The number of hydrogen-bond donors (Lipinski definition) is 5. The zero-order valence-corrected chi connectivity index (χ0v) is 41.2. The van der Waals surface area contributed by atoms with Crippen LogP contribution in [0.3, 0.4) is 0 Å². The molecule has 2 bridgehead atoms. The molecule has 5 fully saturated rings. The number of fused-ring (bicyclic) bond motifs is 10. The lowest BCUT2D eigenvalue weighted by Gasteiger charge is -2.54. The average molecular weight is 909 g/mol. The number of rotatable bonds is 15. The van der Waals surface area contributed by atoms with Crippen molar-refractivity contribution in [1.82, 2.24) is 20.0 Å². The molecule has 0 unspecified atom stereocenters.